The molecule has 7 nitrogen and oxygen atoms in total. The summed E-state index contributed by atoms with van der Waals surface area (Å²) >= 11 is 0. The SMILES string of the molecule is CC(CC(=O)O)CC(=O)NCc1nnc2ccccn12. The minimum atomic E-state index is -0.895. The number of carboxylic acids is 1. The lowest BCUT2D eigenvalue weighted by Crippen LogP contribution is -2.26. The number of amides is 1. The maximum atomic E-state index is 11.7. The summed E-state index contributed by atoms with van der Waals surface area (Å²) in [6.07, 6.45) is 1.99. The van der Waals surface area contributed by atoms with E-state index in [-0.39, 0.29) is 31.2 Å². The van der Waals surface area contributed by atoms with Crippen molar-refractivity contribution in [2.45, 2.75) is 26.3 Å². The van der Waals surface area contributed by atoms with Crippen molar-refractivity contribution in [3.05, 3.63) is 30.2 Å². The van der Waals surface area contributed by atoms with Gasteiger partial charge in [0.2, 0.25) is 5.91 Å². The average molecular weight is 276 g/mol. The molecule has 1 atom stereocenters. The number of nitrogens with zero attached hydrogens (tertiary/aromatic N) is 3. The van der Waals surface area contributed by atoms with Gasteiger partial charge in [-0.05, 0) is 18.1 Å². The monoisotopic (exact) mass is 276 g/mol. The number of pyridine rings is 1. The Morgan fingerprint density at radius 1 is 1.35 bits per heavy atom. The van der Waals surface area contributed by atoms with E-state index < -0.39 is 5.97 Å². The van der Waals surface area contributed by atoms with Gasteiger partial charge in [-0.15, -0.1) is 10.2 Å². The number of carbonyl (C=O) groups excluding carboxylic acids is 1. The minimum absolute atomic E-state index is 0.0126. The molecule has 0 bridgehead atoms. The van der Waals surface area contributed by atoms with Gasteiger partial charge in [0.05, 0.1) is 6.54 Å². The van der Waals surface area contributed by atoms with Crippen molar-refractivity contribution in [1.29, 1.82) is 0 Å². The van der Waals surface area contributed by atoms with Crippen LogP contribution < -0.4 is 5.32 Å². The molecule has 2 heterocycles. The summed E-state index contributed by atoms with van der Waals surface area (Å²) in [5, 5.41) is 19.3. The predicted molar refractivity (Wildman–Crippen MR) is 70.9 cm³/mol. The van der Waals surface area contributed by atoms with Gasteiger partial charge >= 0.3 is 5.97 Å². The van der Waals surface area contributed by atoms with Crippen LogP contribution in [0.5, 0.6) is 0 Å². The van der Waals surface area contributed by atoms with E-state index in [1.54, 1.807) is 11.3 Å². The molecule has 0 fully saturated rings. The molecule has 7 heteroatoms. The van der Waals surface area contributed by atoms with Crippen molar-refractivity contribution in [2.75, 3.05) is 0 Å². The van der Waals surface area contributed by atoms with Gasteiger partial charge in [-0.3, -0.25) is 14.0 Å². The van der Waals surface area contributed by atoms with E-state index in [4.69, 9.17) is 5.11 Å². The highest BCUT2D eigenvalue weighted by Gasteiger charge is 2.13. The molecule has 0 aliphatic rings. The van der Waals surface area contributed by atoms with Crippen LogP contribution in [-0.2, 0) is 16.1 Å². The summed E-state index contributed by atoms with van der Waals surface area (Å²) in [5.41, 5.74) is 0.719. The lowest BCUT2D eigenvalue weighted by Gasteiger charge is -2.08. The van der Waals surface area contributed by atoms with Gasteiger partial charge in [0.15, 0.2) is 11.5 Å². The molecule has 1 amide bonds. The van der Waals surface area contributed by atoms with Crippen LogP contribution in [0.2, 0.25) is 0 Å². The van der Waals surface area contributed by atoms with E-state index in [0.717, 1.165) is 5.65 Å². The lowest BCUT2D eigenvalue weighted by molar-refractivity contribution is -0.138. The number of hydrogen-bond donors (Lipinski definition) is 2. The number of carbonyl (C=O) groups is 2. The quantitative estimate of drug-likeness (QED) is 0.815. The first-order chi connectivity index (χ1) is 9.56. The summed E-state index contributed by atoms with van der Waals surface area (Å²) in [4.78, 5) is 22.2. The molecule has 0 aliphatic carbocycles. The molecule has 0 aliphatic heterocycles. The van der Waals surface area contributed by atoms with Crippen LogP contribution >= 0.6 is 0 Å². The highest BCUT2D eigenvalue weighted by atomic mass is 16.4. The van der Waals surface area contributed by atoms with Crippen LogP contribution in [0, 0.1) is 5.92 Å². The third-order valence-electron chi connectivity index (χ3n) is 2.88. The van der Waals surface area contributed by atoms with Gasteiger partial charge < -0.3 is 10.4 Å². The second-order valence-electron chi connectivity index (χ2n) is 4.73. The molecule has 0 radical (unpaired) electrons. The Labute approximate surface area is 115 Å². The maximum absolute atomic E-state index is 11.7. The third-order valence-corrected chi connectivity index (χ3v) is 2.88. The fraction of sp³-hybridized carbons (Fsp3) is 0.385. The van der Waals surface area contributed by atoms with E-state index in [1.807, 2.05) is 24.4 Å². The van der Waals surface area contributed by atoms with Gasteiger partial charge in [-0.1, -0.05) is 13.0 Å². The predicted octanol–water partition coefficient (Wildman–Crippen LogP) is 0.846. The summed E-state index contributed by atoms with van der Waals surface area (Å²) in [6.45, 7) is 2.00. The number of hydrogen-bond acceptors (Lipinski definition) is 4. The van der Waals surface area contributed by atoms with Crippen LogP contribution in [0.4, 0.5) is 0 Å². The van der Waals surface area contributed by atoms with Crippen LogP contribution in [0.1, 0.15) is 25.6 Å². The largest absolute Gasteiger partial charge is 0.481 e. The van der Waals surface area contributed by atoms with Gasteiger partial charge in [-0.25, -0.2) is 0 Å². The summed E-state index contributed by atoms with van der Waals surface area (Å²) in [5.74, 6) is -0.636. The summed E-state index contributed by atoms with van der Waals surface area (Å²) < 4.78 is 1.79. The molecule has 0 saturated carbocycles. The van der Waals surface area contributed by atoms with Crippen molar-refractivity contribution in [1.82, 2.24) is 19.9 Å². The number of nitrogens with one attached hydrogen (secondary N) is 1. The van der Waals surface area contributed by atoms with Crippen LogP contribution in [0.15, 0.2) is 24.4 Å². The third kappa shape index (κ3) is 3.53. The molecule has 106 valence electrons. The van der Waals surface area contributed by atoms with E-state index in [9.17, 15) is 9.59 Å². The normalized spacial score (nSPS) is 12.2. The van der Waals surface area contributed by atoms with E-state index in [1.165, 1.54) is 0 Å². The number of aromatic nitrogens is 3. The lowest BCUT2D eigenvalue weighted by atomic mass is 10.0. The van der Waals surface area contributed by atoms with Crippen LogP contribution in [0.3, 0.4) is 0 Å². The molecule has 2 aromatic rings. The minimum Gasteiger partial charge on any atom is -0.481 e. The fourth-order valence-electron chi connectivity index (χ4n) is 1.95. The van der Waals surface area contributed by atoms with Crippen molar-refractivity contribution in [2.24, 2.45) is 5.92 Å². The zero-order chi connectivity index (χ0) is 14.5. The van der Waals surface area contributed by atoms with Crippen molar-refractivity contribution in [3.63, 3.8) is 0 Å². The van der Waals surface area contributed by atoms with Crippen molar-refractivity contribution in [3.8, 4) is 0 Å². The zero-order valence-corrected chi connectivity index (χ0v) is 11.1. The first-order valence-corrected chi connectivity index (χ1v) is 6.33. The Hall–Kier alpha value is -2.44. The number of rotatable bonds is 6. The fourth-order valence-corrected chi connectivity index (χ4v) is 1.95. The molecule has 20 heavy (non-hydrogen) atoms. The Kier molecular flexibility index (Phi) is 4.29. The van der Waals surface area contributed by atoms with Crippen LogP contribution in [0.25, 0.3) is 5.65 Å². The Morgan fingerprint density at radius 3 is 2.90 bits per heavy atom. The molecule has 0 saturated heterocycles. The first-order valence-electron chi connectivity index (χ1n) is 6.33. The Morgan fingerprint density at radius 2 is 2.15 bits per heavy atom. The number of fused-ring (bicyclic) bond motifs is 1. The average Bonchev–Trinajstić information content (AvgIpc) is 2.78. The van der Waals surface area contributed by atoms with E-state index in [2.05, 4.69) is 15.5 Å². The molecular weight excluding hydrogens is 260 g/mol. The summed E-state index contributed by atoms with van der Waals surface area (Å²) in [6, 6.07) is 5.55. The van der Waals surface area contributed by atoms with Gasteiger partial charge in [0, 0.05) is 19.0 Å². The van der Waals surface area contributed by atoms with Gasteiger partial charge in [-0.2, -0.15) is 0 Å². The summed E-state index contributed by atoms with van der Waals surface area (Å²) in [7, 11) is 0. The molecule has 0 spiro atoms. The van der Waals surface area contributed by atoms with Crippen molar-refractivity contribution < 1.29 is 14.7 Å². The topological polar surface area (TPSA) is 96.6 Å². The first kappa shape index (κ1) is 14.0. The van der Waals surface area contributed by atoms with Crippen molar-refractivity contribution >= 4 is 17.5 Å². The van der Waals surface area contributed by atoms with Gasteiger partial charge in [0.1, 0.15) is 0 Å². The second-order valence-corrected chi connectivity index (χ2v) is 4.73. The Balaban J connectivity index is 1.89. The van der Waals surface area contributed by atoms with E-state index >= 15 is 0 Å². The zero-order valence-electron chi connectivity index (χ0n) is 11.1. The highest BCUT2D eigenvalue weighted by Crippen LogP contribution is 2.07. The smallest absolute Gasteiger partial charge is 0.303 e. The van der Waals surface area contributed by atoms with Gasteiger partial charge in [0.25, 0.3) is 0 Å². The van der Waals surface area contributed by atoms with E-state index in [0.29, 0.717) is 5.82 Å². The Bertz CT molecular complexity index is 623. The maximum Gasteiger partial charge on any atom is 0.303 e. The molecule has 0 aromatic carbocycles. The number of carboxylic acid groups (broad SMARTS) is 1. The molecule has 2 rings (SSSR count). The molecule has 1 unspecified atom stereocenters. The molecular formula is C13H16N4O3. The highest BCUT2D eigenvalue weighted by molar-refractivity contribution is 5.77. The molecule has 2 N–H and O–H groups in total. The second kappa shape index (κ2) is 6.14. The number of aliphatic carboxylic acids is 1. The molecule has 2 aromatic heterocycles. The van der Waals surface area contributed by atoms with Crippen LogP contribution in [-0.4, -0.2) is 31.6 Å². The standard InChI is InChI=1S/C13H16N4O3/c1-9(7-13(19)20)6-12(18)14-8-11-16-15-10-4-2-3-5-17(10)11/h2-5,9H,6-8H2,1H3,(H,14,18)(H,19,20).